The number of aliphatic hydroxyl groups is 1. The number of aromatic nitrogens is 2. The fourth-order valence-corrected chi connectivity index (χ4v) is 2.13. The van der Waals surface area contributed by atoms with Crippen molar-refractivity contribution < 1.29 is 23.1 Å². The van der Waals surface area contributed by atoms with Gasteiger partial charge in [0.1, 0.15) is 5.69 Å². The van der Waals surface area contributed by atoms with Gasteiger partial charge in [0.2, 0.25) is 0 Å². The van der Waals surface area contributed by atoms with Gasteiger partial charge >= 0.3 is 6.18 Å². The summed E-state index contributed by atoms with van der Waals surface area (Å²) < 4.78 is 40.0. The lowest BCUT2D eigenvalue weighted by Gasteiger charge is -2.30. The van der Waals surface area contributed by atoms with Crippen LogP contribution in [0.3, 0.4) is 0 Å². The normalized spacial score (nSPS) is 14.3. The molecule has 0 fully saturated rings. The van der Waals surface area contributed by atoms with Crippen LogP contribution in [-0.2, 0) is 18.8 Å². The molecule has 0 aliphatic carbocycles. The number of alkyl halides is 3. The number of carbonyl (C=O) groups is 1. The van der Waals surface area contributed by atoms with Gasteiger partial charge in [0.05, 0.1) is 30.2 Å². The Balaban J connectivity index is 2.34. The molecule has 0 spiro atoms. The van der Waals surface area contributed by atoms with Gasteiger partial charge in [-0.2, -0.15) is 13.2 Å². The number of hydrogen-bond acceptors (Lipinski definition) is 3. The van der Waals surface area contributed by atoms with Gasteiger partial charge < -0.3 is 15.0 Å². The van der Waals surface area contributed by atoms with E-state index in [9.17, 15) is 23.1 Å². The smallest absolute Gasteiger partial charge is 0.394 e. The number of imidazole rings is 1. The van der Waals surface area contributed by atoms with E-state index in [4.69, 9.17) is 0 Å². The van der Waals surface area contributed by atoms with Crippen LogP contribution in [0, 0.1) is 0 Å². The zero-order valence-electron chi connectivity index (χ0n) is 12.6. The van der Waals surface area contributed by atoms with Crippen molar-refractivity contribution in [1.29, 1.82) is 0 Å². The summed E-state index contributed by atoms with van der Waals surface area (Å²) in [4.78, 5) is 16.1. The molecule has 1 atom stereocenters. The zero-order chi connectivity index (χ0) is 17.3. The molecule has 0 saturated heterocycles. The highest BCUT2D eigenvalue weighted by Gasteiger charge is 2.34. The molecule has 1 aromatic carbocycles. The number of halogens is 3. The number of carbonyl (C=O) groups excluding carboxylic acids is 1. The van der Waals surface area contributed by atoms with Crippen LogP contribution in [0.1, 0.15) is 28.5 Å². The lowest BCUT2D eigenvalue weighted by molar-refractivity contribution is -0.137. The first-order valence-electron chi connectivity index (χ1n) is 6.75. The second-order valence-electron chi connectivity index (χ2n) is 5.41. The monoisotopic (exact) mass is 327 g/mol. The van der Waals surface area contributed by atoms with Gasteiger partial charge in [-0.3, -0.25) is 4.79 Å². The van der Waals surface area contributed by atoms with E-state index in [1.54, 1.807) is 7.05 Å². The summed E-state index contributed by atoms with van der Waals surface area (Å²) in [5, 5.41) is 12.2. The van der Waals surface area contributed by atoms with Gasteiger partial charge in [-0.1, -0.05) is 12.1 Å². The lowest BCUT2D eigenvalue weighted by Crippen LogP contribution is -2.46. The highest BCUT2D eigenvalue weighted by atomic mass is 19.4. The van der Waals surface area contributed by atoms with Crippen molar-refractivity contribution in [2.24, 2.45) is 7.05 Å². The summed E-state index contributed by atoms with van der Waals surface area (Å²) in [6, 6.07) is 4.52. The zero-order valence-corrected chi connectivity index (χ0v) is 12.6. The third-order valence-corrected chi connectivity index (χ3v) is 3.58. The fraction of sp³-hybridized carbons (Fsp3) is 0.333. The number of amides is 1. The van der Waals surface area contributed by atoms with Gasteiger partial charge in [-0.25, -0.2) is 4.98 Å². The summed E-state index contributed by atoms with van der Waals surface area (Å²) in [6.45, 7) is 0.897. The van der Waals surface area contributed by atoms with E-state index in [-0.39, 0.29) is 11.3 Å². The van der Waals surface area contributed by atoms with E-state index in [2.05, 4.69) is 10.3 Å². The summed E-state index contributed by atoms with van der Waals surface area (Å²) in [5.41, 5.74) is -1.81. The molecular formula is C15H16F3N3O2. The Morgan fingerprint density at radius 2 is 2.00 bits per heavy atom. The Morgan fingerprint density at radius 3 is 2.52 bits per heavy atom. The van der Waals surface area contributed by atoms with Crippen molar-refractivity contribution in [3.63, 3.8) is 0 Å². The van der Waals surface area contributed by atoms with Crippen molar-refractivity contribution in [3.05, 3.63) is 53.6 Å². The minimum Gasteiger partial charge on any atom is -0.394 e. The van der Waals surface area contributed by atoms with Crippen molar-refractivity contribution in [2.75, 3.05) is 6.61 Å². The van der Waals surface area contributed by atoms with Gasteiger partial charge in [-0.15, -0.1) is 0 Å². The number of aryl methyl sites for hydroxylation is 1. The highest BCUT2D eigenvalue weighted by molar-refractivity contribution is 5.93. The summed E-state index contributed by atoms with van der Waals surface area (Å²) in [6.07, 6.45) is -1.74. The van der Waals surface area contributed by atoms with Crippen molar-refractivity contribution in [3.8, 4) is 0 Å². The lowest BCUT2D eigenvalue weighted by atomic mass is 9.91. The maximum atomic E-state index is 12.8. The Bertz CT molecular complexity index is 712. The van der Waals surface area contributed by atoms with Crippen LogP contribution in [0.5, 0.6) is 0 Å². The number of nitrogens with one attached hydrogen (secondary N) is 1. The largest absolute Gasteiger partial charge is 0.416 e. The van der Waals surface area contributed by atoms with Crippen molar-refractivity contribution in [2.45, 2.75) is 18.6 Å². The number of hydrogen-bond donors (Lipinski definition) is 2. The average molecular weight is 327 g/mol. The first-order valence-corrected chi connectivity index (χ1v) is 6.75. The van der Waals surface area contributed by atoms with Crippen LogP contribution >= 0.6 is 0 Å². The van der Waals surface area contributed by atoms with Crippen molar-refractivity contribution in [1.82, 2.24) is 14.9 Å². The molecule has 0 bridgehead atoms. The second-order valence-corrected chi connectivity index (χ2v) is 5.41. The standard InChI is InChI=1S/C15H16F3N3O2/c1-14(8-22,20-13(23)12-7-19-9-21(12)2)10-4-3-5-11(6-10)15(16,17)18/h3-7,9,22H,8H2,1-2H3,(H,20,23). The summed E-state index contributed by atoms with van der Waals surface area (Å²) in [7, 11) is 1.61. The van der Waals surface area contributed by atoms with E-state index < -0.39 is 29.8 Å². The van der Waals surface area contributed by atoms with E-state index in [1.165, 1.54) is 36.1 Å². The molecule has 1 heterocycles. The minimum atomic E-state index is -4.50. The van der Waals surface area contributed by atoms with E-state index in [0.29, 0.717) is 0 Å². The van der Waals surface area contributed by atoms with E-state index in [0.717, 1.165) is 12.1 Å². The van der Waals surface area contributed by atoms with Crippen LogP contribution in [0.2, 0.25) is 0 Å². The van der Waals surface area contributed by atoms with E-state index >= 15 is 0 Å². The second kappa shape index (κ2) is 6.04. The molecule has 124 valence electrons. The Morgan fingerprint density at radius 1 is 1.35 bits per heavy atom. The van der Waals surface area contributed by atoms with Crippen molar-refractivity contribution >= 4 is 5.91 Å². The van der Waals surface area contributed by atoms with Crippen LogP contribution in [0.25, 0.3) is 0 Å². The molecule has 0 aliphatic heterocycles. The Kier molecular flexibility index (Phi) is 4.46. The SMILES string of the molecule is Cn1cncc1C(=O)NC(C)(CO)c1cccc(C(F)(F)F)c1. The number of rotatable bonds is 4. The third-order valence-electron chi connectivity index (χ3n) is 3.58. The molecular weight excluding hydrogens is 311 g/mol. The van der Waals surface area contributed by atoms with Crippen LogP contribution < -0.4 is 5.32 Å². The molecule has 0 saturated carbocycles. The number of nitrogens with zero attached hydrogens (tertiary/aromatic N) is 2. The van der Waals surface area contributed by atoms with Crippen LogP contribution in [0.15, 0.2) is 36.8 Å². The first kappa shape index (κ1) is 17.0. The Labute approximate surface area is 130 Å². The molecule has 2 N–H and O–H groups in total. The fourth-order valence-electron chi connectivity index (χ4n) is 2.13. The van der Waals surface area contributed by atoms with Crippen LogP contribution in [-0.4, -0.2) is 27.2 Å². The maximum Gasteiger partial charge on any atom is 0.416 e. The summed E-state index contributed by atoms with van der Waals surface area (Å²) >= 11 is 0. The summed E-state index contributed by atoms with van der Waals surface area (Å²) in [5.74, 6) is -0.543. The van der Waals surface area contributed by atoms with Gasteiger partial charge in [0.15, 0.2) is 0 Å². The molecule has 1 amide bonds. The Hall–Kier alpha value is -2.35. The molecule has 8 heteroatoms. The number of benzene rings is 1. The molecule has 0 aliphatic rings. The molecule has 1 aromatic heterocycles. The molecule has 1 unspecified atom stereocenters. The molecule has 23 heavy (non-hydrogen) atoms. The molecule has 2 rings (SSSR count). The van der Waals surface area contributed by atoms with Gasteiger partial charge in [0.25, 0.3) is 5.91 Å². The topological polar surface area (TPSA) is 67.2 Å². The van der Waals surface area contributed by atoms with Gasteiger partial charge in [0, 0.05) is 7.05 Å². The van der Waals surface area contributed by atoms with Crippen LogP contribution in [0.4, 0.5) is 13.2 Å². The predicted molar refractivity (Wildman–Crippen MR) is 76.6 cm³/mol. The first-order chi connectivity index (χ1) is 10.7. The predicted octanol–water partition coefficient (Wildman–Crippen LogP) is 2.08. The minimum absolute atomic E-state index is 0.158. The maximum absolute atomic E-state index is 12.8. The quantitative estimate of drug-likeness (QED) is 0.903. The highest BCUT2D eigenvalue weighted by Crippen LogP contribution is 2.32. The van der Waals surface area contributed by atoms with E-state index in [1.807, 2.05) is 0 Å². The van der Waals surface area contributed by atoms with Gasteiger partial charge in [-0.05, 0) is 24.6 Å². The number of aliphatic hydroxyl groups excluding tert-OH is 1. The third kappa shape index (κ3) is 3.53. The molecule has 5 nitrogen and oxygen atoms in total. The molecule has 0 radical (unpaired) electrons. The average Bonchev–Trinajstić information content (AvgIpc) is 2.92. The molecule has 2 aromatic rings.